The average Bonchev–Trinajstić information content (AvgIpc) is 3.15. The molecule has 0 atom stereocenters. The largest absolute Gasteiger partial charge is 0.493 e. The van der Waals surface area contributed by atoms with Gasteiger partial charge < -0.3 is 24.5 Å². The summed E-state index contributed by atoms with van der Waals surface area (Å²) in [6, 6.07) is 7.59. The summed E-state index contributed by atoms with van der Waals surface area (Å²) in [5, 5.41) is 9.39. The van der Waals surface area contributed by atoms with E-state index >= 15 is 0 Å². The molecule has 1 amide bonds. The van der Waals surface area contributed by atoms with E-state index in [-0.39, 0.29) is 17.5 Å². The van der Waals surface area contributed by atoms with Gasteiger partial charge in [0.25, 0.3) is 0 Å². The summed E-state index contributed by atoms with van der Waals surface area (Å²) in [5.41, 5.74) is 6.47. The number of hydrogen-bond donors (Lipinski definition) is 1. The topological polar surface area (TPSA) is 115 Å². The molecule has 2 heterocycles. The molecule has 0 spiro atoms. The smallest absolute Gasteiger partial charge is 0.235 e. The number of primary amides is 1. The Balaban J connectivity index is 1.77. The first-order chi connectivity index (χ1) is 13.5. The molecule has 8 nitrogen and oxygen atoms in total. The number of benzene rings is 1. The second-order valence-corrected chi connectivity index (χ2v) is 6.43. The Morgan fingerprint density at radius 2 is 2.00 bits per heavy atom. The first-order valence-electron chi connectivity index (χ1n) is 8.91. The number of piperidine rings is 1. The van der Waals surface area contributed by atoms with Gasteiger partial charge in [-0.1, -0.05) is 6.07 Å². The molecule has 3 rings (SSSR count). The van der Waals surface area contributed by atoms with Crippen molar-refractivity contribution in [2.24, 2.45) is 11.7 Å². The molecule has 1 fully saturated rings. The molecule has 146 valence electrons. The van der Waals surface area contributed by atoms with E-state index in [2.05, 4.69) is 11.1 Å². The van der Waals surface area contributed by atoms with Gasteiger partial charge in [-0.25, -0.2) is 0 Å². The summed E-state index contributed by atoms with van der Waals surface area (Å²) in [6.45, 7) is 1.19. The summed E-state index contributed by atoms with van der Waals surface area (Å²) in [5.74, 6) is 1.61. The lowest BCUT2D eigenvalue weighted by Crippen LogP contribution is -2.38. The fourth-order valence-corrected chi connectivity index (χ4v) is 3.18. The standard InChI is InChI=1S/C20H22N4O4/c1-26-16-5-3-13(11-17(16)27-2)4-6-18-23-15(12-21)20(28-18)24-9-7-14(8-10-24)19(22)25/h3-6,11,14H,7-10H2,1-2H3,(H2,22,25)/b6-4+. The number of amides is 1. The zero-order valence-corrected chi connectivity index (χ0v) is 15.8. The maximum absolute atomic E-state index is 11.3. The fraction of sp³-hybridized carbons (Fsp3) is 0.350. The van der Waals surface area contributed by atoms with Crippen LogP contribution in [0.15, 0.2) is 22.6 Å². The van der Waals surface area contributed by atoms with E-state index in [0.717, 1.165) is 5.56 Å². The predicted octanol–water partition coefficient (Wildman–Crippen LogP) is 2.44. The highest BCUT2D eigenvalue weighted by Gasteiger charge is 2.27. The molecule has 2 aromatic rings. The Labute approximate surface area is 163 Å². The predicted molar refractivity (Wildman–Crippen MR) is 104 cm³/mol. The van der Waals surface area contributed by atoms with E-state index in [1.165, 1.54) is 0 Å². The number of hydrogen-bond acceptors (Lipinski definition) is 7. The third kappa shape index (κ3) is 4.09. The van der Waals surface area contributed by atoms with Crippen LogP contribution in [-0.4, -0.2) is 38.2 Å². The molecule has 0 aliphatic carbocycles. The van der Waals surface area contributed by atoms with Gasteiger partial charge >= 0.3 is 0 Å². The monoisotopic (exact) mass is 382 g/mol. The van der Waals surface area contributed by atoms with Crippen molar-refractivity contribution in [3.05, 3.63) is 35.3 Å². The number of carbonyl (C=O) groups is 1. The Kier molecular flexibility index (Phi) is 5.84. The molecule has 1 aliphatic rings. The third-order valence-corrected chi connectivity index (χ3v) is 4.74. The first-order valence-corrected chi connectivity index (χ1v) is 8.91. The van der Waals surface area contributed by atoms with E-state index < -0.39 is 0 Å². The average molecular weight is 382 g/mol. The number of nitrogens with two attached hydrogens (primary N) is 1. The lowest BCUT2D eigenvalue weighted by molar-refractivity contribution is -0.122. The Morgan fingerprint density at radius 3 is 2.61 bits per heavy atom. The molecule has 8 heteroatoms. The maximum Gasteiger partial charge on any atom is 0.235 e. The van der Waals surface area contributed by atoms with Crippen molar-refractivity contribution in [3.63, 3.8) is 0 Å². The molecule has 0 saturated carbocycles. The van der Waals surface area contributed by atoms with Crippen molar-refractivity contribution in [2.45, 2.75) is 12.8 Å². The van der Waals surface area contributed by atoms with E-state index in [1.54, 1.807) is 20.3 Å². The SMILES string of the molecule is COc1ccc(/C=C/c2nc(C#N)c(N3CCC(C(N)=O)CC3)o2)cc1OC. The zero-order valence-electron chi connectivity index (χ0n) is 15.8. The van der Waals surface area contributed by atoms with Gasteiger partial charge in [-0.3, -0.25) is 4.79 Å². The van der Waals surface area contributed by atoms with Crippen molar-refractivity contribution in [2.75, 3.05) is 32.2 Å². The number of nitrogens with zero attached hydrogens (tertiary/aromatic N) is 3. The minimum absolute atomic E-state index is 0.130. The molecule has 2 N–H and O–H groups in total. The number of oxazole rings is 1. The van der Waals surface area contributed by atoms with Crippen molar-refractivity contribution >= 4 is 23.9 Å². The second-order valence-electron chi connectivity index (χ2n) is 6.43. The molecule has 28 heavy (non-hydrogen) atoms. The van der Waals surface area contributed by atoms with Gasteiger partial charge in [-0.15, -0.1) is 0 Å². The Bertz CT molecular complexity index is 921. The van der Waals surface area contributed by atoms with Gasteiger partial charge in [-0.2, -0.15) is 10.2 Å². The van der Waals surface area contributed by atoms with Crippen LogP contribution < -0.4 is 20.1 Å². The maximum atomic E-state index is 11.3. The van der Waals surface area contributed by atoms with Crippen molar-refractivity contribution in [3.8, 4) is 17.6 Å². The van der Waals surface area contributed by atoms with Crippen LogP contribution in [-0.2, 0) is 4.79 Å². The number of rotatable bonds is 6. The van der Waals surface area contributed by atoms with Gasteiger partial charge in [0.1, 0.15) is 6.07 Å². The Hall–Kier alpha value is -3.47. The summed E-state index contributed by atoms with van der Waals surface area (Å²) in [4.78, 5) is 17.5. The van der Waals surface area contributed by atoms with E-state index in [1.807, 2.05) is 29.2 Å². The summed E-state index contributed by atoms with van der Waals surface area (Å²) in [7, 11) is 3.16. The second kappa shape index (κ2) is 8.48. The van der Waals surface area contributed by atoms with Crippen LogP contribution in [0.1, 0.15) is 30.0 Å². The minimum Gasteiger partial charge on any atom is -0.493 e. The highest BCUT2D eigenvalue weighted by atomic mass is 16.5. The highest BCUT2D eigenvalue weighted by molar-refractivity contribution is 5.77. The first kappa shape index (κ1) is 19.3. The van der Waals surface area contributed by atoms with Crippen LogP contribution in [0, 0.1) is 17.2 Å². The van der Waals surface area contributed by atoms with E-state index in [0.29, 0.717) is 49.2 Å². The number of nitriles is 1. The summed E-state index contributed by atoms with van der Waals surface area (Å²) >= 11 is 0. The molecule has 0 unspecified atom stereocenters. The van der Waals surface area contributed by atoms with Gasteiger partial charge in [0, 0.05) is 25.1 Å². The number of anilines is 1. The molecule has 1 saturated heterocycles. The number of carbonyl (C=O) groups excluding carboxylic acids is 1. The summed E-state index contributed by atoms with van der Waals surface area (Å²) < 4.78 is 16.3. The van der Waals surface area contributed by atoms with Crippen LogP contribution in [0.4, 0.5) is 5.88 Å². The molecule has 1 aromatic heterocycles. The van der Waals surface area contributed by atoms with Gasteiger partial charge in [0.05, 0.1) is 14.2 Å². The molecular weight excluding hydrogens is 360 g/mol. The Morgan fingerprint density at radius 1 is 1.29 bits per heavy atom. The number of aromatic nitrogens is 1. The normalized spacial score (nSPS) is 14.8. The van der Waals surface area contributed by atoms with E-state index in [4.69, 9.17) is 19.6 Å². The zero-order chi connectivity index (χ0) is 20.1. The fourth-order valence-electron chi connectivity index (χ4n) is 3.18. The highest BCUT2D eigenvalue weighted by Crippen LogP contribution is 2.30. The lowest BCUT2D eigenvalue weighted by atomic mass is 9.96. The van der Waals surface area contributed by atoms with Crippen molar-refractivity contribution < 1.29 is 18.7 Å². The van der Waals surface area contributed by atoms with Crippen LogP contribution in [0.5, 0.6) is 11.5 Å². The summed E-state index contributed by atoms with van der Waals surface area (Å²) in [6.07, 6.45) is 4.79. The third-order valence-electron chi connectivity index (χ3n) is 4.74. The van der Waals surface area contributed by atoms with Crippen LogP contribution in [0.3, 0.4) is 0 Å². The lowest BCUT2D eigenvalue weighted by Gasteiger charge is -2.30. The molecule has 1 aliphatic heterocycles. The number of ether oxygens (including phenoxy) is 2. The quantitative estimate of drug-likeness (QED) is 0.816. The van der Waals surface area contributed by atoms with Gasteiger partial charge in [-0.05, 0) is 36.6 Å². The van der Waals surface area contributed by atoms with E-state index in [9.17, 15) is 10.1 Å². The minimum atomic E-state index is -0.281. The van der Waals surface area contributed by atoms with Crippen LogP contribution >= 0.6 is 0 Å². The van der Waals surface area contributed by atoms with Gasteiger partial charge in [0.2, 0.25) is 23.4 Å². The van der Waals surface area contributed by atoms with Gasteiger partial charge in [0.15, 0.2) is 11.5 Å². The molecule has 0 bridgehead atoms. The van der Waals surface area contributed by atoms with Crippen molar-refractivity contribution in [1.82, 2.24) is 4.98 Å². The molecule has 0 radical (unpaired) electrons. The number of methoxy groups -OCH3 is 2. The molecule has 1 aromatic carbocycles. The van der Waals surface area contributed by atoms with Crippen LogP contribution in [0.25, 0.3) is 12.2 Å². The van der Waals surface area contributed by atoms with Crippen LogP contribution in [0.2, 0.25) is 0 Å². The molecular formula is C20H22N4O4. The van der Waals surface area contributed by atoms with Crippen molar-refractivity contribution in [1.29, 1.82) is 5.26 Å².